The highest BCUT2D eigenvalue weighted by molar-refractivity contribution is 6.16. The van der Waals surface area contributed by atoms with Crippen LogP contribution in [-0.4, -0.2) is 0 Å². The molecule has 0 saturated heterocycles. The van der Waals surface area contributed by atoms with Crippen molar-refractivity contribution >= 4 is 27.5 Å². The van der Waals surface area contributed by atoms with E-state index in [9.17, 15) is 0 Å². The third-order valence-corrected chi connectivity index (χ3v) is 12.8. The quantitative estimate of drug-likeness (QED) is 0.173. The van der Waals surface area contributed by atoms with Crippen LogP contribution in [0.25, 0.3) is 49.7 Å². The zero-order valence-corrected chi connectivity index (χ0v) is 29.3. The number of hydrogen-bond donors (Lipinski definition) is 0. The minimum atomic E-state index is 0.209. The monoisotopic (exact) mass is 660 g/mol. The molecule has 0 aromatic heterocycles. The van der Waals surface area contributed by atoms with Crippen LogP contribution in [0.2, 0.25) is 0 Å². The van der Waals surface area contributed by atoms with E-state index >= 15 is 0 Å². The third-order valence-electron chi connectivity index (χ3n) is 12.8. The summed E-state index contributed by atoms with van der Waals surface area (Å²) < 4.78 is 0. The maximum atomic E-state index is 2.63. The van der Waals surface area contributed by atoms with E-state index in [1.165, 1.54) is 111 Å². The molecular formula is C52H36. The Morgan fingerprint density at radius 2 is 1.04 bits per heavy atom. The lowest BCUT2D eigenvalue weighted by molar-refractivity contribution is 0.703. The van der Waals surface area contributed by atoms with E-state index in [0.29, 0.717) is 11.8 Å². The first-order chi connectivity index (χ1) is 25.6. The summed E-state index contributed by atoms with van der Waals surface area (Å²) in [5, 5.41) is 2.75. The van der Waals surface area contributed by atoms with Crippen LogP contribution in [0.4, 0.5) is 0 Å². The molecule has 6 aliphatic carbocycles. The molecule has 0 saturated carbocycles. The molecule has 4 atom stereocenters. The molecule has 244 valence electrons. The maximum Gasteiger partial charge on any atom is 0.0199 e. The second-order valence-electron chi connectivity index (χ2n) is 15.7. The molecule has 0 N–H and O–H groups in total. The van der Waals surface area contributed by atoms with Gasteiger partial charge in [0.1, 0.15) is 0 Å². The molecule has 6 aliphatic rings. The fourth-order valence-electron chi connectivity index (χ4n) is 10.7. The second-order valence-corrected chi connectivity index (χ2v) is 15.7. The van der Waals surface area contributed by atoms with E-state index < -0.39 is 0 Å². The van der Waals surface area contributed by atoms with Gasteiger partial charge in [0, 0.05) is 23.7 Å². The first kappa shape index (κ1) is 28.7. The van der Waals surface area contributed by atoms with Crippen molar-refractivity contribution in [1.82, 2.24) is 0 Å². The molecule has 6 aromatic carbocycles. The van der Waals surface area contributed by atoms with Gasteiger partial charge in [0.25, 0.3) is 0 Å². The summed E-state index contributed by atoms with van der Waals surface area (Å²) in [5.41, 5.74) is 24.9. The van der Waals surface area contributed by atoms with Crippen LogP contribution in [-0.2, 0) is 0 Å². The van der Waals surface area contributed by atoms with Crippen molar-refractivity contribution in [3.05, 3.63) is 219 Å². The summed E-state index contributed by atoms with van der Waals surface area (Å²) in [4.78, 5) is 0. The molecular weight excluding hydrogens is 625 g/mol. The van der Waals surface area contributed by atoms with Crippen molar-refractivity contribution < 1.29 is 0 Å². The van der Waals surface area contributed by atoms with Crippen molar-refractivity contribution in [2.75, 3.05) is 0 Å². The molecule has 0 aliphatic heterocycles. The largest absolute Gasteiger partial charge is 0.0760 e. The summed E-state index contributed by atoms with van der Waals surface area (Å²) in [6, 6.07) is 42.1. The Morgan fingerprint density at radius 3 is 1.69 bits per heavy atom. The zero-order valence-electron chi connectivity index (χ0n) is 29.3. The lowest BCUT2D eigenvalue weighted by atomic mass is 9.65. The van der Waals surface area contributed by atoms with Crippen LogP contribution in [0.5, 0.6) is 0 Å². The van der Waals surface area contributed by atoms with E-state index in [1.54, 1.807) is 0 Å². The number of rotatable bonds is 2. The molecule has 0 radical (unpaired) electrons. The van der Waals surface area contributed by atoms with Gasteiger partial charge in [0.2, 0.25) is 0 Å². The van der Waals surface area contributed by atoms with Crippen molar-refractivity contribution in [3.63, 3.8) is 0 Å². The fourth-order valence-corrected chi connectivity index (χ4v) is 10.7. The molecule has 0 fully saturated rings. The molecule has 52 heavy (non-hydrogen) atoms. The number of fused-ring (bicyclic) bond motifs is 11. The Labute approximate surface area is 305 Å². The normalized spacial score (nSPS) is 22.0. The van der Waals surface area contributed by atoms with Crippen LogP contribution in [0.15, 0.2) is 163 Å². The van der Waals surface area contributed by atoms with Gasteiger partial charge in [0.15, 0.2) is 0 Å². The third kappa shape index (κ3) is 3.82. The van der Waals surface area contributed by atoms with Gasteiger partial charge < -0.3 is 0 Å². The van der Waals surface area contributed by atoms with Crippen molar-refractivity contribution in [2.24, 2.45) is 5.92 Å². The van der Waals surface area contributed by atoms with Gasteiger partial charge in [-0.25, -0.2) is 0 Å². The van der Waals surface area contributed by atoms with Crippen LogP contribution in [0.1, 0.15) is 73.4 Å². The van der Waals surface area contributed by atoms with Gasteiger partial charge in [0.05, 0.1) is 0 Å². The molecule has 0 spiro atoms. The highest BCUT2D eigenvalue weighted by Gasteiger charge is 2.43. The predicted molar refractivity (Wildman–Crippen MR) is 217 cm³/mol. The molecule has 0 nitrogen and oxygen atoms in total. The highest BCUT2D eigenvalue weighted by atomic mass is 14.5. The van der Waals surface area contributed by atoms with Crippen LogP contribution < -0.4 is 0 Å². The Morgan fingerprint density at radius 1 is 0.462 bits per heavy atom. The first-order valence-electron chi connectivity index (χ1n) is 18.8. The van der Waals surface area contributed by atoms with Crippen LogP contribution in [0, 0.1) is 19.8 Å². The van der Waals surface area contributed by atoms with Gasteiger partial charge in [-0.2, -0.15) is 0 Å². The summed E-state index contributed by atoms with van der Waals surface area (Å²) in [7, 11) is 0. The van der Waals surface area contributed by atoms with E-state index in [4.69, 9.17) is 0 Å². The Kier molecular flexibility index (Phi) is 5.68. The van der Waals surface area contributed by atoms with E-state index in [0.717, 1.165) is 0 Å². The van der Waals surface area contributed by atoms with Gasteiger partial charge in [-0.05, 0) is 143 Å². The average Bonchev–Trinajstić information content (AvgIpc) is 3.66. The van der Waals surface area contributed by atoms with Gasteiger partial charge in [-0.15, -0.1) is 0 Å². The van der Waals surface area contributed by atoms with Gasteiger partial charge >= 0.3 is 0 Å². The van der Waals surface area contributed by atoms with Crippen molar-refractivity contribution in [2.45, 2.75) is 31.6 Å². The number of hydrogen-bond acceptors (Lipinski definition) is 0. The molecule has 0 heteroatoms. The molecule has 0 bridgehead atoms. The zero-order chi connectivity index (χ0) is 34.2. The highest BCUT2D eigenvalue weighted by Crippen LogP contribution is 2.59. The Hall–Kier alpha value is -5.98. The molecule has 0 heterocycles. The second kappa shape index (κ2) is 10.3. The van der Waals surface area contributed by atoms with E-state index in [1.807, 2.05) is 0 Å². The number of allylic oxidation sites excluding steroid dienone is 10. The van der Waals surface area contributed by atoms with Crippen LogP contribution in [0.3, 0.4) is 0 Å². The minimum Gasteiger partial charge on any atom is -0.0760 e. The Balaban J connectivity index is 1.15. The SMILES string of the molecule is Cc1cc2c3c(cc(C)cc3c1)-c1cc3c(cc1-2)C(c1ccccc1)=CC1c2cc4c(cc2C(c2ccccc2)=CC31)C1=CC=CC2=CC=CC4C21. The standard InChI is InChI=1S/C52H36/c1-29-19-34-20-30(2)22-50-48-28-46-42(27-47(48)49(21-29)52(34)50)38(32-13-7-4-8-14-32)24-43-44(46)23-37(31-11-5-3-6-12-31)41-25-39-35-17-9-15-33-16-10-18-36(51(33)35)40(39)26-45(41)43/h3-28,36,43-44,51H,1-2H3. The molecule has 12 rings (SSSR count). The molecule has 0 amide bonds. The van der Waals surface area contributed by atoms with Gasteiger partial charge in [-0.3, -0.25) is 0 Å². The van der Waals surface area contributed by atoms with Gasteiger partial charge in [-0.1, -0.05) is 140 Å². The number of aryl methyl sites for hydroxylation is 2. The fraction of sp³-hybridized carbons (Fsp3) is 0.115. The topological polar surface area (TPSA) is 0 Å². The average molecular weight is 661 g/mol. The summed E-state index contributed by atoms with van der Waals surface area (Å²) in [6.45, 7) is 4.48. The lowest BCUT2D eigenvalue weighted by Crippen LogP contribution is -2.21. The van der Waals surface area contributed by atoms with Crippen LogP contribution >= 0.6 is 0 Å². The van der Waals surface area contributed by atoms with E-state index in [-0.39, 0.29) is 11.8 Å². The predicted octanol–water partition coefficient (Wildman–Crippen LogP) is 13.0. The van der Waals surface area contributed by atoms with Crippen molar-refractivity contribution in [1.29, 1.82) is 0 Å². The number of benzene rings is 6. The van der Waals surface area contributed by atoms with Crippen molar-refractivity contribution in [3.8, 4) is 22.3 Å². The maximum absolute atomic E-state index is 2.63. The lowest BCUT2D eigenvalue weighted by Gasteiger charge is -2.38. The van der Waals surface area contributed by atoms with E-state index in [2.05, 4.69) is 172 Å². The summed E-state index contributed by atoms with van der Waals surface area (Å²) >= 11 is 0. The minimum absolute atomic E-state index is 0.209. The Bertz CT molecular complexity index is 2790. The smallest absolute Gasteiger partial charge is 0.0199 e. The summed E-state index contributed by atoms with van der Waals surface area (Å²) in [6.07, 6.45) is 19.2. The molecule has 6 aromatic rings. The summed E-state index contributed by atoms with van der Waals surface area (Å²) in [5.74, 6) is 1.22. The first-order valence-corrected chi connectivity index (χ1v) is 18.8. The molecule has 4 unspecified atom stereocenters.